The predicted molar refractivity (Wildman–Crippen MR) is 40.4 cm³/mol. The van der Waals surface area contributed by atoms with Crippen molar-refractivity contribution in [3.05, 3.63) is 0 Å². The van der Waals surface area contributed by atoms with Crippen molar-refractivity contribution in [3.8, 4) is 0 Å². The van der Waals surface area contributed by atoms with E-state index < -0.39 is 11.2 Å². The van der Waals surface area contributed by atoms with Gasteiger partial charge in [-0.3, -0.25) is 3.83 Å². The second-order valence-electron chi connectivity index (χ2n) is 3.15. The first-order chi connectivity index (χ1) is 3.81. The molecule has 0 spiro atoms. The fourth-order valence-electron chi connectivity index (χ4n) is 0.0944. The van der Waals surface area contributed by atoms with Gasteiger partial charge in [-0.1, -0.05) is 0 Å². The van der Waals surface area contributed by atoms with Gasteiger partial charge in [0.1, 0.15) is 5.60 Å². The molecule has 0 saturated heterocycles. The van der Waals surface area contributed by atoms with Gasteiger partial charge in [0.25, 0.3) is 0 Å². The lowest BCUT2D eigenvalue weighted by Crippen LogP contribution is -2.45. The number of rotatable bonds is 2. The zero-order chi connectivity index (χ0) is 7.71. The lowest BCUT2D eigenvalue weighted by molar-refractivity contribution is -0.0765. The number of hydrogen-bond donors (Lipinski definition) is 1. The van der Waals surface area contributed by atoms with Crippen LogP contribution in [0.3, 0.4) is 0 Å². The van der Waals surface area contributed by atoms with Crippen LogP contribution in [0.1, 0.15) is 27.7 Å². The summed E-state index contributed by atoms with van der Waals surface area (Å²) in [5.41, 5.74) is -1.37. The molecule has 0 aliphatic heterocycles. The Morgan fingerprint density at radius 2 is 1.56 bits per heavy atom. The van der Waals surface area contributed by atoms with Crippen LogP contribution in [0.5, 0.6) is 0 Å². The van der Waals surface area contributed by atoms with Crippen LogP contribution < -0.4 is 0 Å². The average molecular weight is 197 g/mol. The maximum atomic E-state index is 9.39. The molecule has 0 aromatic carbocycles. The number of aliphatic hydroxyl groups is 1. The predicted octanol–water partition coefficient (Wildman–Crippen LogP) is 1.86. The molecule has 56 valence electrons. The molecule has 0 bridgehead atoms. The van der Waals surface area contributed by atoms with Gasteiger partial charge in [0.2, 0.25) is 0 Å². The largest absolute Gasteiger partial charge is 0.387 e. The van der Waals surface area contributed by atoms with Crippen LogP contribution in [0.25, 0.3) is 0 Å². The molecule has 1 N–H and O–H groups in total. The summed E-state index contributed by atoms with van der Waals surface area (Å²) in [6.45, 7) is 7.02. The summed E-state index contributed by atoms with van der Waals surface area (Å²) in [6, 6.07) is 0. The van der Waals surface area contributed by atoms with Gasteiger partial charge in [-0.2, -0.15) is 0 Å². The molecule has 0 aliphatic carbocycles. The molecule has 0 aliphatic rings. The average Bonchev–Trinajstić information content (AvgIpc) is 1.64. The van der Waals surface area contributed by atoms with E-state index in [2.05, 4.69) is 16.3 Å². The van der Waals surface area contributed by atoms with Gasteiger partial charge in [-0.25, -0.2) is 0 Å². The molecule has 0 unspecified atom stereocenters. The third kappa shape index (κ3) is 2.24. The minimum Gasteiger partial charge on any atom is -0.387 e. The van der Waals surface area contributed by atoms with Gasteiger partial charge in [-0.15, -0.1) is 0 Å². The molecule has 2 nitrogen and oxygen atoms in total. The van der Waals surface area contributed by atoms with E-state index in [-0.39, 0.29) is 0 Å². The van der Waals surface area contributed by atoms with E-state index in [9.17, 15) is 5.11 Å². The lowest BCUT2D eigenvalue weighted by Gasteiger charge is -2.33. The summed E-state index contributed by atoms with van der Waals surface area (Å²) < 4.78 is 4.86. The first kappa shape index (κ1) is 9.40. The topological polar surface area (TPSA) is 29.5 Å². The van der Waals surface area contributed by atoms with Crippen molar-refractivity contribution in [2.45, 2.75) is 38.9 Å². The molecule has 0 fully saturated rings. The fourth-order valence-corrected chi connectivity index (χ4v) is 0.491. The van der Waals surface area contributed by atoms with Crippen molar-refractivity contribution in [2.24, 2.45) is 0 Å². The van der Waals surface area contributed by atoms with Crippen molar-refractivity contribution >= 4 is 16.3 Å². The summed E-state index contributed by atoms with van der Waals surface area (Å²) in [6.07, 6.45) is 0. The van der Waals surface area contributed by atoms with Crippen molar-refractivity contribution in [1.82, 2.24) is 0 Å². The molecule has 0 heterocycles. The monoisotopic (exact) mass is 196 g/mol. The molecular weight excluding hydrogens is 184 g/mol. The zero-order valence-corrected chi connectivity index (χ0v) is 7.82. The Hall–Kier alpha value is 0.400. The summed E-state index contributed by atoms with van der Waals surface area (Å²) in [5.74, 6) is 0. The molecule has 0 aromatic rings. The molecule has 0 saturated carbocycles. The highest BCUT2D eigenvalue weighted by Crippen LogP contribution is 2.26. The van der Waals surface area contributed by atoms with E-state index >= 15 is 0 Å². The van der Waals surface area contributed by atoms with Crippen molar-refractivity contribution in [2.75, 3.05) is 0 Å². The van der Waals surface area contributed by atoms with Crippen molar-refractivity contribution in [3.63, 3.8) is 0 Å². The van der Waals surface area contributed by atoms with Crippen molar-refractivity contribution in [1.29, 1.82) is 0 Å². The molecule has 0 rings (SSSR count). The Kier molecular flexibility index (Phi) is 2.68. The molecule has 3 heteroatoms. The van der Waals surface area contributed by atoms with Crippen LogP contribution in [0.15, 0.2) is 0 Å². The standard InChI is InChI=1S/C6H13BrO2/c1-5(2,8)6(3,4)9-7/h8H,1-4H3. The van der Waals surface area contributed by atoms with Crippen LogP contribution >= 0.6 is 16.3 Å². The number of hydrogen-bond acceptors (Lipinski definition) is 2. The molecule has 0 radical (unpaired) electrons. The normalized spacial score (nSPS) is 14.0. The van der Waals surface area contributed by atoms with Gasteiger partial charge in [-0.05, 0) is 27.7 Å². The van der Waals surface area contributed by atoms with Crippen LogP contribution in [0, 0.1) is 0 Å². The molecule has 0 aromatic heterocycles. The van der Waals surface area contributed by atoms with E-state index in [0.29, 0.717) is 0 Å². The Bertz CT molecular complexity index is 93.7. The minimum atomic E-state index is -0.823. The van der Waals surface area contributed by atoms with E-state index in [1.165, 1.54) is 0 Å². The van der Waals surface area contributed by atoms with Gasteiger partial charge in [0.15, 0.2) is 0 Å². The van der Waals surface area contributed by atoms with Gasteiger partial charge in [0, 0.05) is 0 Å². The van der Waals surface area contributed by atoms with E-state index in [1.807, 2.05) is 13.8 Å². The quantitative estimate of drug-likeness (QED) is 0.732. The summed E-state index contributed by atoms with van der Waals surface area (Å²) >= 11 is 2.85. The van der Waals surface area contributed by atoms with E-state index in [1.54, 1.807) is 13.8 Å². The third-order valence-electron chi connectivity index (χ3n) is 1.67. The molecule has 0 amide bonds. The highest BCUT2D eigenvalue weighted by molar-refractivity contribution is 9.06. The van der Waals surface area contributed by atoms with Crippen LogP contribution in [0.2, 0.25) is 0 Å². The summed E-state index contributed by atoms with van der Waals surface area (Å²) in [7, 11) is 0. The van der Waals surface area contributed by atoms with Crippen LogP contribution in [-0.2, 0) is 3.83 Å². The lowest BCUT2D eigenvalue weighted by atomic mass is 9.90. The minimum absolute atomic E-state index is 0.549. The SMILES string of the molecule is CC(C)(O)C(C)(C)OBr. The smallest absolute Gasteiger partial charge is 0.105 e. The molecule has 0 atom stereocenters. The van der Waals surface area contributed by atoms with Gasteiger partial charge in [0.05, 0.1) is 21.9 Å². The van der Waals surface area contributed by atoms with E-state index in [0.717, 1.165) is 0 Å². The maximum absolute atomic E-state index is 9.39. The first-order valence-corrected chi connectivity index (χ1v) is 3.48. The first-order valence-electron chi connectivity index (χ1n) is 2.83. The van der Waals surface area contributed by atoms with E-state index in [4.69, 9.17) is 3.83 Å². The highest BCUT2D eigenvalue weighted by atomic mass is 79.9. The van der Waals surface area contributed by atoms with Crippen LogP contribution in [0.4, 0.5) is 0 Å². The fraction of sp³-hybridized carbons (Fsp3) is 1.00. The maximum Gasteiger partial charge on any atom is 0.105 e. The van der Waals surface area contributed by atoms with Crippen LogP contribution in [-0.4, -0.2) is 16.3 Å². The zero-order valence-electron chi connectivity index (χ0n) is 6.23. The Labute approximate surface area is 64.7 Å². The van der Waals surface area contributed by atoms with Gasteiger partial charge >= 0.3 is 0 Å². The molecule has 9 heavy (non-hydrogen) atoms. The summed E-state index contributed by atoms with van der Waals surface area (Å²) in [5, 5.41) is 9.39. The summed E-state index contributed by atoms with van der Waals surface area (Å²) in [4.78, 5) is 0. The Balaban J connectivity index is 4.14. The third-order valence-corrected chi connectivity index (χ3v) is 2.48. The Morgan fingerprint density at radius 1 is 1.22 bits per heavy atom. The highest BCUT2D eigenvalue weighted by Gasteiger charge is 2.35. The second kappa shape index (κ2) is 2.56. The molecular formula is C6H13BrO2. The van der Waals surface area contributed by atoms with Crippen molar-refractivity contribution < 1.29 is 8.93 Å². The Morgan fingerprint density at radius 3 is 1.56 bits per heavy atom. The second-order valence-corrected chi connectivity index (χ2v) is 3.47. The number of halogens is 1. The van der Waals surface area contributed by atoms with Gasteiger partial charge < -0.3 is 5.11 Å².